The van der Waals surface area contributed by atoms with Gasteiger partial charge in [0.15, 0.2) is 5.13 Å². The van der Waals surface area contributed by atoms with Crippen LogP contribution >= 0.6 is 27.3 Å². The van der Waals surface area contributed by atoms with E-state index in [1.165, 1.54) is 24.5 Å². The van der Waals surface area contributed by atoms with Gasteiger partial charge in [0.25, 0.3) is 10.0 Å². The van der Waals surface area contributed by atoms with Crippen LogP contribution in [-0.2, 0) is 10.0 Å². The molecule has 0 aliphatic carbocycles. The van der Waals surface area contributed by atoms with Crippen molar-refractivity contribution in [1.29, 1.82) is 0 Å². The predicted octanol–water partition coefficient (Wildman–Crippen LogP) is 3.02. The summed E-state index contributed by atoms with van der Waals surface area (Å²) >= 11 is 4.52. The Balaban J connectivity index is 2.41. The SMILES string of the molecule is COc1ccc(Br)cc1S(=O)(=O)Nc1ncc(C)s1. The molecular formula is C11H11BrN2O3S2. The standard InChI is InChI=1S/C11H11BrN2O3S2/c1-7-6-13-11(18-7)14-19(15,16)10-5-8(12)3-4-9(10)17-2/h3-6H,1-2H3,(H,13,14). The zero-order valence-electron chi connectivity index (χ0n) is 10.2. The maximum Gasteiger partial charge on any atom is 0.267 e. The largest absolute Gasteiger partial charge is 0.495 e. The molecule has 19 heavy (non-hydrogen) atoms. The summed E-state index contributed by atoms with van der Waals surface area (Å²) in [5, 5.41) is 0.333. The lowest BCUT2D eigenvalue weighted by atomic mass is 10.3. The molecule has 102 valence electrons. The summed E-state index contributed by atoms with van der Waals surface area (Å²) in [6.07, 6.45) is 1.61. The molecule has 8 heteroatoms. The Morgan fingerprint density at radius 2 is 2.16 bits per heavy atom. The Morgan fingerprint density at radius 1 is 1.42 bits per heavy atom. The number of sulfonamides is 1. The van der Waals surface area contributed by atoms with E-state index in [0.29, 0.717) is 9.60 Å². The van der Waals surface area contributed by atoms with Crippen molar-refractivity contribution in [2.24, 2.45) is 0 Å². The van der Waals surface area contributed by atoms with Crippen molar-refractivity contribution in [3.05, 3.63) is 33.7 Å². The van der Waals surface area contributed by atoms with Gasteiger partial charge in [0.1, 0.15) is 10.6 Å². The molecule has 0 radical (unpaired) electrons. The van der Waals surface area contributed by atoms with Crippen molar-refractivity contribution in [3.8, 4) is 5.75 Å². The number of halogens is 1. The van der Waals surface area contributed by atoms with Crippen molar-refractivity contribution >= 4 is 42.4 Å². The van der Waals surface area contributed by atoms with Crippen molar-refractivity contribution in [3.63, 3.8) is 0 Å². The van der Waals surface area contributed by atoms with Crippen LogP contribution in [0.3, 0.4) is 0 Å². The molecule has 0 bridgehead atoms. The third-order valence-corrected chi connectivity index (χ3v) is 5.07. The van der Waals surface area contributed by atoms with Crippen LogP contribution in [0.2, 0.25) is 0 Å². The molecule has 0 unspecified atom stereocenters. The topological polar surface area (TPSA) is 68.3 Å². The predicted molar refractivity (Wildman–Crippen MR) is 78.4 cm³/mol. The molecule has 2 aromatic rings. The Morgan fingerprint density at radius 3 is 2.74 bits per heavy atom. The van der Waals surface area contributed by atoms with Crippen LogP contribution in [0, 0.1) is 6.92 Å². The minimum absolute atomic E-state index is 0.0669. The molecule has 0 aliphatic rings. The number of aromatic nitrogens is 1. The van der Waals surface area contributed by atoms with E-state index in [-0.39, 0.29) is 10.6 Å². The van der Waals surface area contributed by atoms with Gasteiger partial charge in [-0.3, -0.25) is 4.72 Å². The molecule has 0 saturated carbocycles. The summed E-state index contributed by atoms with van der Waals surface area (Å²) in [7, 11) is -2.30. The molecule has 1 aromatic heterocycles. The highest BCUT2D eigenvalue weighted by Gasteiger charge is 2.21. The number of nitrogens with one attached hydrogen (secondary N) is 1. The lowest BCUT2D eigenvalue weighted by Gasteiger charge is -2.10. The number of benzene rings is 1. The number of methoxy groups -OCH3 is 1. The Hall–Kier alpha value is -1.12. The van der Waals surface area contributed by atoms with E-state index in [4.69, 9.17) is 4.74 Å². The monoisotopic (exact) mass is 362 g/mol. The van der Waals surface area contributed by atoms with Crippen molar-refractivity contribution < 1.29 is 13.2 Å². The van der Waals surface area contributed by atoms with E-state index >= 15 is 0 Å². The van der Waals surface area contributed by atoms with E-state index in [1.54, 1.807) is 18.3 Å². The second-order valence-corrected chi connectivity index (χ2v) is 7.48. The highest BCUT2D eigenvalue weighted by molar-refractivity contribution is 9.10. The summed E-state index contributed by atoms with van der Waals surface area (Å²) < 4.78 is 32.8. The zero-order valence-corrected chi connectivity index (χ0v) is 13.4. The van der Waals surface area contributed by atoms with E-state index in [2.05, 4.69) is 25.6 Å². The van der Waals surface area contributed by atoms with Gasteiger partial charge in [0.2, 0.25) is 0 Å². The Bertz CT molecular complexity index is 698. The van der Waals surface area contributed by atoms with Crippen LogP contribution in [0.4, 0.5) is 5.13 Å². The minimum atomic E-state index is -3.72. The number of hydrogen-bond acceptors (Lipinski definition) is 5. The summed E-state index contributed by atoms with van der Waals surface area (Å²) in [4.78, 5) is 4.98. The highest BCUT2D eigenvalue weighted by atomic mass is 79.9. The summed E-state index contributed by atoms with van der Waals surface area (Å²) in [6, 6.07) is 4.79. The first-order valence-corrected chi connectivity index (χ1v) is 8.30. The van der Waals surface area contributed by atoms with Gasteiger partial charge in [-0.25, -0.2) is 13.4 Å². The Kier molecular flexibility index (Phi) is 4.12. The average Bonchev–Trinajstić information content (AvgIpc) is 2.74. The molecule has 0 amide bonds. The van der Waals surface area contributed by atoms with Crippen LogP contribution in [0.25, 0.3) is 0 Å². The quantitative estimate of drug-likeness (QED) is 0.907. The van der Waals surface area contributed by atoms with Gasteiger partial charge in [-0.2, -0.15) is 0 Å². The number of thiazole rings is 1. The fourth-order valence-electron chi connectivity index (χ4n) is 1.43. The molecular weight excluding hydrogens is 352 g/mol. The second kappa shape index (κ2) is 5.48. The second-order valence-electron chi connectivity index (χ2n) is 3.68. The molecule has 1 heterocycles. The highest BCUT2D eigenvalue weighted by Crippen LogP contribution is 2.29. The average molecular weight is 363 g/mol. The van der Waals surface area contributed by atoms with Crippen LogP contribution in [0.5, 0.6) is 5.75 Å². The van der Waals surface area contributed by atoms with Crippen LogP contribution in [0.1, 0.15) is 4.88 Å². The molecule has 0 spiro atoms. The molecule has 0 fully saturated rings. The molecule has 0 saturated heterocycles. The first kappa shape index (κ1) is 14.3. The van der Waals surface area contributed by atoms with Gasteiger partial charge < -0.3 is 4.74 Å². The number of hydrogen-bond donors (Lipinski definition) is 1. The van der Waals surface area contributed by atoms with Gasteiger partial charge in [0.05, 0.1) is 7.11 Å². The van der Waals surface area contributed by atoms with Gasteiger partial charge in [-0.05, 0) is 25.1 Å². The normalized spacial score (nSPS) is 11.3. The summed E-state index contributed by atoms with van der Waals surface area (Å²) in [5.41, 5.74) is 0. The lowest BCUT2D eigenvalue weighted by molar-refractivity contribution is 0.403. The van der Waals surface area contributed by atoms with Crippen molar-refractivity contribution in [2.75, 3.05) is 11.8 Å². The van der Waals surface area contributed by atoms with Crippen LogP contribution < -0.4 is 9.46 Å². The summed E-state index contributed by atoms with van der Waals surface area (Å²) in [5.74, 6) is 0.281. The smallest absolute Gasteiger partial charge is 0.267 e. The number of anilines is 1. The fourth-order valence-corrected chi connectivity index (χ4v) is 4.05. The Labute approximate surface area is 123 Å². The lowest BCUT2D eigenvalue weighted by Crippen LogP contribution is -2.13. The molecule has 1 aromatic carbocycles. The molecule has 1 N–H and O–H groups in total. The van der Waals surface area contributed by atoms with Gasteiger partial charge >= 0.3 is 0 Å². The van der Waals surface area contributed by atoms with Crippen LogP contribution in [-0.4, -0.2) is 20.5 Å². The van der Waals surface area contributed by atoms with Gasteiger partial charge in [-0.1, -0.05) is 15.9 Å². The summed E-state index contributed by atoms with van der Waals surface area (Å²) in [6.45, 7) is 1.86. The molecule has 2 rings (SSSR count). The third kappa shape index (κ3) is 3.26. The van der Waals surface area contributed by atoms with E-state index in [9.17, 15) is 8.42 Å². The first-order valence-electron chi connectivity index (χ1n) is 5.21. The van der Waals surface area contributed by atoms with E-state index < -0.39 is 10.0 Å². The van der Waals surface area contributed by atoms with Crippen LogP contribution in [0.15, 0.2) is 33.8 Å². The minimum Gasteiger partial charge on any atom is -0.495 e. The molecule has 0 aliphatic heterocycles. The number of aryl methyl sites for hydroxylation is 1. The molecule has 5 nitrogen and oxygen atoms in total. The number of rotatable bonds is 4. The third-order valence-electron chi connectivity index (χ3n) is 2.26. The fraction of sp³-hybridized carbons (Fsp3) is 0.182. The molecule has 0 atom stereocenters. The van der Waals surface area contributed by atoms with Gasteiger partial charge in [0, 0.05) is 15.5 Å². The van der Waals surface area contributed by atoms with Crippen molar-refractivity contribution in [2.45, 2.75) is 11.8 Å². The zero-order chi connectivity index (χ0) is 14.0. The number of ether oxygens (including phenoxy) is 1. The van der Waals surface area contributed by atoms with E-state index in [0.717, 1.165) is 4.88 Å². The van der Waals surface area contributed by atoms with Gasteiger partial charge in [-0.15, -0.1) is 11.3 Å². The first-order chi connectivity index (χ1) is 8.92. The maximum atomic E-state index is 12.3. The van der Waals surface area contributed by atoms with Crippen molar-refractivity contribution in [1.82, 2.24) is 4.98 Å². The van der Waals surface area contributed by atoms with E-state index in [1.807, 2.05) is 6.92 Å². The maximum absolute atomic E-state index is 12.3. The number of nitrogens with zero attached hydrogens (tertiary/aromatic N) is 1.